The Labute approximate surface area is 48.2 Å². The lowest BCUT2D eigenvalue weighted by Crippen LogP contribution is -2.00. The van der Waals surface area contributed by atoms with Crippen LogP contribution in [-0.2, 0) is 4.74 Å². The first-order chi connectivity index (χ1) is 3.81. The first-order valence-corrected chi connectivity index (χ1v) is 2.33. The van der Waals surface area contributed by atoms with E-state index in [1.54, 1.807) is 0 Å². The van der Waals surface area contributed by atoms with Crippen LogP contribution in [-0.4, -0.2) is 30.0 Å². The number of ether oxygens (including phenoxy) is 1. The molecule has 0 atom stereocenters. The normalized spacial score (nSPS) is 8.75. The van der Waals surface area contributed by atoms with Crippen molar-refractivity contribution in [2.75, 3.05) is 19.8 Å². The van der Waals surface area contributed by atoms with Crippen molar-refractivity contribution < 1.29 is 14.9 Å². The Morgan fingerprint density at radius 3 is 2.50 bits per heavy atom. The molecule has 0 heterocycles. The molecule has 0 bridgehead atoms. The SMILES string of the molecule is C=C(CO)OCCO. The standard InChI is InChI=1S/C5H10O3/c1-5(4-7)8-3-2-6/h6-7H,1-4H2. The maximum atomic E-state index is 8.26. The summed E-state index contributed by atoms with van der Waals surface area (Å²) in [5.74, 6) is 0.291. The smallest absolute Gasteiger partial charge is 0.114 e. The van der Waals surface area contributed by atoms with Crippen LogP contribution in [0.15, 0.2) is 12.3 Å². The van der Waals surface area contributed by atoms with E-state index in [-0.39, 0.29) is 19.8 Å². The molecule has 0 aliphatic carbocycles. The van der Waals surface area contributed by atoms with Crippen LogP contribution >= 0.6 is 0 Å². The first-order valence-electron chi connectivity index (χ1n) is 2.33. The van der Waals surface area contributed by atoms with E-state index in [9.17, 15) is 0 Å². The molecule has 0 amide bonds. The molecule has 0 aliphatic rings. The fraction of sp³-hybridized carbons (Fsp3) is 0.600. The second kappa shape index (κ2) is 4.61. The molecule has 0 aromatic heterocycles. The molecule has 8 heavy (non-hydrogen) atoms. The maximum Gasteiger partial charge on any atom is 0.114 e. The quantitative estimate of drug-likeness (QED) is 0.489. The van der Waals surface area contributed by atoms with Crippen molar-refractivity contribution in [3.63, 3.8) is 0 Å². The Kier molecular flexibility index (Phi) is 4.30. The largest absolute Gasteiger partial charge is 0.494 e. The Balaban J connectivity index is 2.99. The minimum Gasteiger partial charge on any atom is -0.494 e. The lowest BCUT2D eigenvalue weighted by Gasteiger charge is -2.01. The second-order valence-electron chi connectivity index (χ2n) is 1.27. The minimum absolute atomic E-state index is 0.0426. The molecule has 0 unspecified atom stereocenters. The zero-order valence-electron chi connectivity index (χ0n) is 4.63. The van der Waals surface area contributed by atoms with Crippen molar-refractivity contribution >= 4 is 0 Å². The van der Waals surface area contributed by atoms with Crippen LogP contribution in [0, 0.1) is 0 Å². The number of hydrogen-bond donors (Lipinski definition) is 2. The Morgan fingerprint density at radius 2 is 2.12 bits per heavy atom. The predicted octanol–water partition coefficient (Wildman–Crippen LogP) is -0.499. The summed E-state index contributed by atoms with van der Waals surface area (Å²) in [6.45, 7) is 3.31. The lowest BCUT2D eigenvalue weighted by atomic mass is 10.6. The van der Waals surface area contributed by atoms with E-state index < -0.39 is 0 Å². The Bertz CT molecular complexity index is 70.1. The molecule has 0 fully saturated rings. The van der Waals surface area contributed by atoms with Crippen molar-refractivity contribution in [3.05, 3.63) is 12.3 Å². The molecule has 0 saturated carbocycles. The van der Waals surface area contributed by atoms with Gasteiger partial charge in [0.15, 0.2) is 0 Å². The van der Waals surface area contributed by atoms with Gasteiger partial charge in [-0.1, -0.05) is 6.58 Å². The van der Waals surface area contributed by atoms with Crippen LogP contribution in [0.1, 0.15) is 0 Å². The van der Waals surface area contributed by atoms with E-state index in [0.717, 1.165) is 0 Å². The average Bonchev–Trinajstić information content (AvgIpc) is 1.83. The van der Waals surface area contributed by atoms with E-state index in [4.69, 9.17) is 10.2 Å². The van der Waals surface area contributed by atoms with Gasteiger partial charge >= 0.3 is 0 Å². The van der Waals surface area contributed by atoms with E-state index in [0.29, 0.717) is 5.76 Å². The number of aliphatic hydroxyl groups excluding tert-OH is 2. The molecule has 2 N–H and O–H groups in total. The van der Waals surface area contributed by atoms with Crippen molar-refractivity contribution in [1.82, 2.24) is 0 Å². The minimum atomic E-state index is -0.181. The summed E-state index contributed by atoms with van der Waals surface area (Å²) in [4.78, 5) is 0. The molecular weight excluding hydrogens is 108 g/mol. The second-order valence-corrected chi connectivity index (χ2v) is 1.27. The monoisotopic (exact) mass is 118 g/mol. The van der Waals surface area contributed by atoms with Crippen LogP contribution in [0.5, 0.6) is 0 Å². The molecule has 48 valence electrons. The molecule has 0 radical (unpaired) electrons. The highest BCUT2D eigenvalue weighted by atomic mass is 16.5. The molecule has 3 heteroatoms. The van der Waals surface area contributed by atoms with Gasteiger partial charge in [0, 0.05) is 0 Å². The fourth-order valence-electron chi connectivity index (χ4n) is 0.236. The van der Waals surface area contributed by atoms with Crippen molar-refractivity contribution in [3.8, 4) is 0 Å². The molecule has 0 saturated heterocycles. The molecule has 0 rings (SSSR count). The summed E-state index contributed by atoms with van der Waals surface area (Å²) >= 11 is 0. The third kappa shape index (κ3) is 3.64. The third-order valence-corrected chi connectivity index (χ3v) is 0.574. The van der Waals surface area contributed by atoms with Gasteiger partial charge < -0.3 is 14.9 Å². The Hall–Kier alpha value is -0.540. The van der Waals surface area contributed by atoms with Crippen molar-refractivity contribution in [2.45, 2.75) is 0 Å². The molecule has 0 aromatic rings. The topological polar surface area (TPSA) is 49.7 Å². The molecule has 0 aliphatic heterocycles. The van der Waals surface area contributed by atoms with Gasteiger partial charge in [0.05, 0.1) is 13.2 Å². The first kappa shape index (κ1) is 7.46. The van der Waals surface area contributed by atoms with E-state index in [1.807, 2.05) is 0 Å². The van der Waals surface area contributed by atoms with Gasteiger partial charge in [-0.2, -0.15) is 0 Å². The highest BCUT2D eigenvalue weighted by molar-refractivity contribution is 4.79. The maximum absolute atomic E-state index is 8.26. The molecule has 0 aromatic carbocycles. The van der Waals surface area contributed by atoms with Gasteiger partial charge in [-0.25, -0.2) is 0 Å². The highest BCUT2D eigenvalue weighted by Gasteiger charge is 1.87. The predicted molar refractivity (Wildman–Crippen MR) is 29.3 cm³/mol. The highest BCUT2D eigenvalue weighted by Crippen LogP contribution is 1.87. The van der Waals surface area contributed by atoms with Crippen LogP contribution in [0.3, 0.4) is 0 Å². The van der Waals surface area contributed by atoms with Crippen molar-refractivity contribution in [2.24, 2.45) is 0 Å². The number of rotatable bonds is 4. The Morgan fingerprint density at radius 1 is 1.50 bits per heavy atom. The van der Waals surface area contributed by atoms with Gasteiger partial charge in [-0.3, -0.25) is 0 Å². The van der Waals surface area contributed by atoms with Crippen LogP contribution in [0.4, 0.5) is 0 Å². The lowest BCUT2D eigenvalue weighted by molar-refractivity contribution is 0.120. The van der Waals surface area contributed by atoms with Crippen LogP contribution in [0.25, 0.3) is 0 Å². The van der Waals surface area contributed by atoms with Gasteiger partial charge in [-0.15, -0.1) is 0 Å². The van der Waals surface area contributed by atoms with E-state index in [1.165, 1.54) is 0 Å². The van der Waals surface area contributed by atoms with Gasteiger partial charge in [0.1, 0.15) is 12.4 Å². The summed E-state index contributed by atoms with van der Waals surface area (Å²) in [5.41, 5.74) is 0. The summed E-state index contributed by atoms with van der Waals surface area (Å²) in [5, 5.41) is 16.4. The van der Waals surface area contributed by atoms with E-state index >= 15 is 0 Å². The summed E-state index contributed by atoms with van der Waals surface area (Å²) < 4.78 is 4.65. The van der Waals surface area contributed by atoms with Gasteiger partial charge in [-0.05, 0) is 0 Å². The summed E-state index contributed by atoms with van der Waals surface area (Å²) in [6.07, 6.45) is 0. The summed E-state index contributed by atoms with van der Waals surface area (Å²) in [7, 11) is 0. The third-order valence-electron chi connectivity index (χ3n) is 0.574. The zero-order valence-corrected chi connectivity index (χ0v) is 4.63. The van der Waals surface area contributed by atoms with Crippen LogP contribution in [0.2, 0.25) is 0 Å². The average molecular weight is 118 g/mol. The molecule has 0 spiro atoms. The molecule has 3 nitrogen and oxygen atoms in total. The summed E-state index contributed by atoms with van der Waals surface area (Å²) in [6, 6.07) is 0. The number of hydrogen-bond acceptors (Lipinski definition) is 3. The fourth-order valence-corrected chi connectivity index (χ4v) is 0.236. The zero-order chi connectivity index (χ0) is 6.41. The molecular formula is C5H10O3. The van der Waals surface area contributed by atoms with Gasteiger partial charge in [0.2, 0.25) is 0 Å². The van der Waals surface area contributed by atoms with Gasteiger partial charge in [0.25, 0.3) is 0 Å². The van der Waals surface area contributed by atoms with Crippen LogP contribution < -0.4 is 0 Å². The van der Waals surface area contributed by atoms with Crippen molar-refractivity contribution in [1.29, 1.82) is 0 Å². The number of aliphatic hydroxyl groups is 2. The van der Waals surface area contributed by atoms with E-state index in [2.05, 4.69) is 11.3 Å².